The largest absolute Gasteiger partial charge is 0.487 e. The second kappa shape index (κ2) is 5.53. The van der Waals surface area contributed by atoms with Gasteiger partial charge in [0.25, 0.3) is 0 Å². The Morgan fingerprint density at radius 3 is 3.11 bits per heavy atom. The first-order valence-corrected chi connectivity index (χ1v) is 7.85. The molecule has 1 aromatic carbocycles. The maximum Gasteiger partial charge on any atom is 0.193 e. The smallest absolute Gasteiger partial charge is 0.193 e. The van der Waals surface area contributed by atoms with Gasteiger partial charge >= 0.3 is 0 Å². The van der Waals surface area contributed by atoms with Gasteiger partial charge in [0, 0.05) is 27.8 Å². The molecule has 0 N–H and O–H groups in total. The molecule has 6 heteroatoms. The van der Waals surface area contributed by atoms with E-state index in [1.807, 2.05) is 40.4 Å². The van der Waals surface area contributed by atoms with E-state index in [-0.39, 0.29) is 0 Å². The Bertz CT molecular complexity index is 681. The number of halogens is 2. The Morgan fingerprint density at radius 1 is 1.42 bits per heavy atom. The number of rotatable bonds is 4. The van der Waals surface area contributed by atoms with Gasteiger partial charge in [0.2, 0.25) is 0 Å². The molecule has 0 amide bonds. The van der Waals surface area contributed by atoms with E-state index in [0.29, 0.717) is 12.5 Å². The summed E-state index contributed by atoms with van der Waals surface area (Å²) in [5, 5.41) is 2.01. The van der Waals surface area contributed by atoms with Gasteiger partial charge in [0.15, 0.2) is 4.96 Å². The van der Waals surface area contributed by atoms with Gasteiger partial charge < -0.3 is 4.74 Å². The maximum absolute atomic E-state index is 5.91. The predicted octanol–water partition coefficient (Wildman–Crippen LogP) is 4.48. The highest BCUT2D eigenvalue weighted by atomic mass is 79.9. The number of hydrogen-bond acceptors (Lipinski definition) is 3. The lowest BCUT2D eigenvalue weighted by molar-refractivity contribution is 0.299. The molecule has 0 fully saturated rings. The van der Waals surface area contributed by atoms with Crippen molar-refractivity contribution < 1.29 is 4.74 Å². The number of thiazole rings is 1. The second-order valence-corrected chi connectivity index (χ2v) is 6.06. The van der Waals surface area contributed by atoms with Crippen molar-refractivity contribution in [1.29, 1.82) is 0 Å². The van der Waals surface area contributed by atoms with Gasteiger partial charge in [-0.05, 0) is 18.2 Å². The van der Waals surface area contributed by atoms with Crippen molar-refractivity contribution in [3.05, 3.63) is 51.7 Å². The predicted molar refractivity (Wildman–Crippen MR) is 81.1 cm³/mol. The number of fused-ring (bicyclic) bond motifs is 1. The Kier molecular flexibility index (Phi) is 3.77. The summed E-state index contributed by atoms with van der Waals surface area (Å²) in [6, 6.07) is 5.82. The van der Waals surface area contributed by atoms with Gasteiger partial charge in [0.1, 0.15) is 12.4 Å². The Hall–Kier alpha value is -1.04. The fourth-order valence-electron chi connectivity index (χ4n) is 1.79. The van der Waals surface area contributed by atoms with Crippen molar-refractivity contribution in [3.63, 3.8) is 0 Å². The van der Waals surface area contributed by atoms with Gasteiger partial charge in [-0.2, -0.15) is 0 Å². The minimum atomic E-state index is 0.424. The molecule has 2 aromatic heterocycles. The summed E-state index contributed by atoms with van der Waals surface area (Å²) < 4.78 is 8.78. The van der Waals surface area contributed by atoms with Crippen LogP contribution in [-0.2, 0) is 12.5 Å². The molecule has 98 valence electrons. The van der Waals surface area contributed by atoms with Crippen LogP contribution in [0.1, 0.15) is 11.3 Å². The quantitative estimate of drug-likeness (QED) is 0.644. The molecule has 0 saturated carbocycles. The van der Waals surface area contributed by atoms with Crippen molar-refractivity contribution in [3.8, 4) is 5.75 Å². The zero-order valence-corrected chi connectivity index (χ0v) is 13.0. The fourth-order valence-corrected chi connectivity index (χ4v) is 3.13. The van der Waals surface area contributed by atoms with E-state index in [2.05, 4.69) is 20.9 Å². The molecule has 0 atom stereocenters. The van der Waals surface area contributed by atoms with E-state index in [0.717, 1.165) is 26.4 Å². The zero-order valence-electron chi connectivity index (χ0n) is 9.85. The summed E-state index contributed by atoms with van der Waals surface area (Å²) >= 11 is 10.9. The van der Waals surface area contributed by atoms with Crippen LogP contribution in [0.4, 0.5) is 0 Å². The number of ether oxygens (including phenoxy) is 1. The number of aromatic nitrogens is 2. The first-order valence-electron chi connectivity index (χ1n) is 5.64. The minimum absolute atomic E-state index is 0.424. The van der Waals surface area contributed by atoms with E-state index in [1.54, 1.807) is 11.3 Å². The summed E-state index contributed by atoms with van der Waals surface area (Å²) in [5.74, 6) is 1.22. The van der Waals surface area contributed by atoms with E-state index < -0.39 is 0 Å². The van der Waals surface area contributed by atoms with Crippen LogP contribution in [0, 0.1) is 0 Å². The number of alkyl halides is 1. The summed E-state index contributed by atoms with van der Waals surface area (Å²) in [6.45, 7) is 0.444. The van der Waals surface area contributed by atoms with Gasteiger partial charge in [-0.1, -0.05) is 15.9 Å². The second-order valence-electron chi connectivity index (χ2n) is 4.00. The highest BCUT2D eigenvalue weighted by Crippen LogP contribution is 2.25. The van der Waals surface area contributed by atoms with Crippen LogP contribution in [0.2, 0.25) is 0 Å². The van der Waals surface area contributed by atoms with Crippen molar-refractivity contribution in [2.45, 2.75) is 12.5 Å². The third kappa shape index (κ3) is 2.78. The van der Waals surface area contributed by atoms with Crippen LogP contribution >= 0.6 is 38.9 Å². The van der Waals surface area contributed by atoms with E-state index in [9.17, 15) is 0 Å². The van der Waals surface area contributed by atoms with E-state index in [4.69, 9.17) is 16.3 Å². The standard InChI is InChI=1S/C13H10BrClN2OS/c14-10-1-2-12(9(5-10)6-15)18-8-11-7-17-3-4-19-13(17)16-11/h1-5,7H,6,8H2. The molecule has 3 nitrogen and oxygen atoms in total. The summed E-state index contributed by atoms with van der Waals surface area (Å²) in [6.07, 6.45) is 3.96. The van der Waals surface area contributed by atoms with Crippen molar-refractivity contribution in [1.82, 2.24) is 9.38 Å². The van der Waals surface area contributed by atoms with Crippen LogP contribution in [0.15, 0.2) is 40.4 Å². The summed E-state index contributed by atoms with van der Waals surface area (Å²) in [7, 11) is 0. The first kappa shape index (κ1) is 13.0. The van der Waals surface area contributed by atoms with Crippen molar-refractivity contribution in [2.24, 2.45) is 0 Å². The summed E-state index contributed by atoms with van der Waals surface area (Å²) in [4.78, 5) is 5.45. The zero-order chi connectivity index (χ0) is 13.2. The lowest BCUT2D eigenvalue weighted by Crippen LogP contribution is -1.98. The normalized spacial score (nSPS) is 11.1. The molecule has 0 unspecified atom stereocenters. The van der Waals surface area contributed by atoms with E-state index >= 15 is 0 Å². The van der Waals surface area contributed by atoms with Gasteiger partial charge in [-0.3, -0.25) is 4.40 Å². The SMILES string of the molecule is ClCc1cc(Br)ccc1OCc1cn2ccsc2n1. The van der Waals surface area contributed by atoms with Crippen LogP contribution < -0.4 is 4.74 Å². The van der Waals surface area contributed by atoms with Crippen LogP contribution in [0.3, 0.4) is 0 Å². The fraction of sp³-hybridized carbons (Fsp3) is 0.154. The monoisotopic (exact) mass is 356 g/mol. The maximum atomic E-state index is 5.91. The van der Waals surface area contributed by atoms with Crippen LogP contribution in [-0.4, -0.2) is 9.38 Å². The number of hydrogen-bond donors (Lipinski definition) is 0. The number of benzene rings is 1. The molecule has 3 rings (SSSR count). The average molecular weight is 358 g/mol. The molecular weight excluding hydrogens is 348 g/mol. The molecule has 0 radical (unpaired) electrons. The molecule has 19 heavy (non-hydrogen) atoms. The molecule has 0 aliphatic rings. The lowest BCUT2D eigenvalue weighted by Gasteiger charge is -2.09. The first-order chi connectivity index (χ1) is 9.26. The third-order valence-electron chi connectivity index (χ3n) is 2.69. The molecule has 0 bridgehead atoms. The number of nitrogens with zero attached hydrogens (tertiary/aromatic N) is 2. The van der Waals surface area contributed by atoms with Gasteiger partial charge in [-0.15, -0.1) is 22.9 Å². The van der Waals surface area contributed by atoms with Gasteiger partial charge in [0.05, 0.1) is 11.6 Å². The molecule has 3 aromatic rings. The molecule has 2 heterocycles. The summed E-state index contributed by atoms with van der Waals surface area (Å²) in [5.41, 5.74) is 1.88. The lowest BCUT2D eigenvalue weighted by atomic mass is 10.2. The average Bonchev–Trinajstić information content (AvgIpc) is 2.97. The Morgan fingerprint density at radius 2 is 2.32 bits per heavy atom. The highest BCUT2D eigenvalue weighted by molar-refractivity contribution is 9.10. The Labute approximate surface area is 127 Å². The number of imidazole rings is 1. The molecule has 0 aliphatic carbocycles. The van der Waals surface area contributed by atoms with Crippen molar-refractivity contribution in [2.75, 3.05) is 0 Å². The van der Waals surface area contributed by atoms with Crippen LogP contribution in [0.5, 0.6) is 5.75 Å². The third-order valence-corrected chi connectivity index (χ3v) is 4.24. The molecule has 0 saturated heterocycles. The van der Waals surface area contributed by atoms with Crippen LogP contribution in [0.25, 0.3) is 4.96 Å². The topological polar surface area (TPSA) is 26.5 Å². The molecule has 0 spiro atoms. The Balaban J connectivity index is 1.77. The minimum Gasteiger partial charge on any atom is -0.487 e. The van der Waals surface area contributed by atoms with E-state index in [1.165, 1.54) is 0 Å². The molecular formula is C13H10BrClN2OS. The van der Waals surface area contributed by atoms with Crippen molar-refractivity contribution >= 4 is 43.8 Å². The molecule has 0 aliphatic heterocycles. The van der Waals surface area contributed by atoms with Gasteiger partial charge in [-0.25, -0.2) is 4.98 Å². The highest BCUT2D eigenvalue weighted by Gasteiger charge is 2.07.